The van der Waals surface area contributed by atoms with Gasteiger partial charge in [-0.2, -0.15) is 17.0 Å². The highest BCUT2D eigenvalue weighted by Gasteiger charge is 2.33. The van der Waals surface area contributed by atoms with Crippen LogP contribution in [0.3, 0.4) is 0 Å². The predicted molar refractivity (Wildman–Crippen MR) is 83.2 cm³/mol. The van der Waals surface area contributed by atoms with E-state index in [1.165, 1.54) is 4.31 Å². The van der Waals surface area contributed by atoms with Gasteiger partial charge in [-0.3, -0.25) is 0 Å². The van der Waals surface area contributed by atoms with Crippen molar-refractivity contribution in [3.8, 4) is 5.75 Å². The zero-order valence-corrected chi connectivity index (χ0v) is 13.7. The molecule has 118 valence electrons. The molecule has 6 heteroatoms. The van der Waals surface area contributed by atoms with E-state index in [4.69, 9.17) is 0 Å². The van der Waals surface area contributed by atoms with Crippen LogP contribution >= 0.6 is 0 Å². The smallest absolute Gasteiger partial charge is 0.282 e. The van der Waals surface area contributed by atoms with Crippen molar-refractivity contribution in [2.24, 2.45) is 5.92 Å². The lowest BCUT2D eigenvalue weighted by atomic mass is 10.0. The van der Waals surface area contributed by atoms with Gasteiger partial charge in [0.25, 0.3) is 10.2 Å². The fraction of sp³-hybridized carbons (Fsp3) is 0.600. The summed E-state index contributed by atoms with van der Waals surface area (Å²) in [6.07, 6.45) is 2.01. The highest BCUT2D eigenvalue weighted by molar-refractivity contribution is 7.86. The molecule has 0 aromatic heterocycles. The Labute approximate surface area is 127 Å². The topological polar surface area (TPSA) is 60.9 Å². The standard InChI is InChI=1S/C15H24N2O3S/c1-12-5-4-10-17(11-12)21(19,20)16(3)13(2)14-6-8-15(18)9-7-14/h6-9,12-13,18H,4-5,10-11H2,1-3H3. The van der Waals surface area contributed by atoms with Crippen LogP contribution in [0.1, 0.15) is 38.3 Å². The number of phenolic OH excluding ortho intramolecular Hbond substituents is 1. The van der Waals surface area contributed by atoms with Gasteiger partial charge in [-0.25, -0.2) is 0 Å². The summed E-state index contributed by atoms with van der Waals surface area (Å²) in [6, 6.07) is 6.40. The van der Waals surface area contributed by atoms with Crippen LogP contribution in [-0.2, 0) is 10.2 Å². The number of aromatic hydroxyl groups is 1. The molecule has 0 bridgehead atoms. The summed E-state index contributed by atoms with van der Waals surface area (Å²) in [5, 5.41) is 9.33. The molecule has 2 unspecified atom stereocenters. The van der Waals surface area contributed by atoms with E-state index in [1.54, 1.807) is 35.6 Å². The highest BCUT2D eigenvalue weighted by Crippen LogP contribution is 2.27. The maximum absolute atomic E-state index is 12.7. The summed E-state index contributed by atoms with van der Waals surface area (Å²) >= 11 is 0. The Morgan fingerprint density at radius 1 is 1.33 bits per heavy atom. The Kier molecular flexibility index (Phi) is 4.91. The zero-order chi connectivity index (χ0) is 15.6. The number of nitrogens with zero attached hydrogens (tertiary/aromatic N) is 2. The van der Waals surface area contributed by atoms with E-state index < -0.39 is 10.2 Å². The van der Waals surface area contributed by atoms with Crippen molar-refractivity contribution in [3.63, 3.8) is 0 Å². The summed E-state index contributed by atoms with van der Waals surface area (Å²) in [5.41, 5.74) is 0.865. The zero-order valence-electron chi connectivity index (χ0n) is 12.9. The second-order valence-electron chi connectivity index (χ2n) is 5.90. The van der Waals surface area contributed by atoms with Gasteiger partial charge in [0.2, 0.25) is 0 Å². The molecular formula is C15H24N2O3S. The molecule has 1 aliphatic heterocycles. The van der Waals surface area contributed by atoms with Gasteiger partial charge in [-0.1, -0.05) is 19.1 Å². The van der Waals surface area contributed by atoms with Crippen molar-refractivity contribution < 1.29 is 13.5 Å². The molecule has 0 amide bonds. The summed E-state index contributed by atoms with van der Waals surface area (Å²) in [6.45, 7) is 5.14. The van der Waals surface area contributed by atoms with E-state index in [-0.39, 0.29) is 11.8 Å². The Balaban J connectivity index is 2.17. The number of phenols is 1. The summed E-state index contributed by atoms with van der Waals surface area (Å²) in [5.74, 6) is 0.590. The maximum Gasteiger partial charge on any atom is 0.282 e. The Hall–Kier alpha value is -1.11. The summed E-state index contributed by atoms with van der Waals surface area (Å²) in [7, 11) is -1.83. The summed E-state index contributed by atoms with van der Waals surface area (Å²) in [4.78, 5) is 0. The first-order valence-corrected chi connectivity index (χ1v) is 8.74. The van der Waals surface area contributed by atoms with Crippen LogP contribution in [0.15, 0.2) is 24.3 Å². The average Bonchev–Trinajstić information content (AvgIpc) is 2.46. The minimum atomic E-state index is -3.45. The third-order valence-corrected chi connectivity index (χ3v) is 6.26. The van der Waals surface area contributed by atoms with Gasteiger partial charge >= 0.3 is 0 Å². The molecule has 1 saturated heterocycles. The monoisotopic (exact) mass is 312 g/mol. The van der Waals surface area contributed by atoms with Crippen LogP contribution in [0.25, 0.3) is 0 Å². The molecule has 1 N–H and O–H groups in total. The number of benzene rings is 1. The summed E-state index contributed by atoms with van der Waals surface area (Å²) < 4.78 is 28.4. The molecule has 5 nitrogen and oxygen atoms in total. The maximum atomic E-state index is 12.7. The lowest BCUT2D eigenvalue weighted by Gasteiger charge is -2.35. The molecule has 0 radical (unpaired) electrons. The van der Waals surface area contributed by atoms with Crippen molar-refractivity contribution in [1.29, 1.82) is 0 Å². The molecule has 0 aliphatic carbocycles. The van der Waals surface area contributed by atoms with Crippen LogP contribution in [0.2, 0.25) is 0 Å². The Morgan fingerprint density at radius 2 is 1.95 bits per heavy atom. The van der Waals surface area contributed by atoms with E-state index in [9.17, 15) is 13.5 Å². The van der Waals surface area contributed by atoms with E-state index in [2.05, 4.69) is 6.92 Å². The molecule has 1 aromatic carbocycles. The first kappa shape index (κ1) is 16.3. The third kappa shape index (κ3) is 3.56. The number of rotatable bonds is 4. The molecule has 0 saturated carbocycles. The molecule has 1 aliphatic rings. The van der Waals surface area contributed by atoms with Crippen LogP contribution in [0.5, 0.6) is 5.75 Å². The molecular weight excluding hydrogens is 288 g/mol. The second-order valence-corrected chi connectivity index (χ2v) is 7.88. The number of piperidine rings is 1. The number of hydrogen-bond donors (Lipinski definition) is 1. The fourth-order valence-electron chi connectivity index (χ4n) is 2.70. The first-order valence-electron chi connectivity index (χ1n) is 7.34. The molecule has 0 spiro atoms. The van der Waals surface area contributed by atoms with Gasteiger partial charge in [0.1, 0.15) is 5.75 Å². The van der Waals surface area contributed by atoms with Crippen molar-refractivity contribution in [2.45, 2.75) is 32.7 Å². The quantitative estimate of drug-likeness (QED) is 0.928. The Morgan fingerprint density at radius 3 is 2.52 bits per heavy atom. The van der Waals surface area contributed by atoms with Gasteiger partial charge in [-0.15, -0.1) is 0 Å². The number of hydrogen-bond acceptors (Lipinski definition) is 3. The van der Waals surface area contributed by atoms with Gasteiger partial charge in [-0.05, 0) is 43.4 Å². The van der Waals surface area contributed by atoms with Crippen molar-refractivity contribution in [3.05, 3.63) is 29.8 Å². The lowest BCUT2D eigenvalue weighted by Crippen LogP contribution is -2.46. The van der Waals surface area contributed by atoms with Crippen molar-refractivity contribution in [2.75, 3.05) is 20.1 Å². The molecule has 1 heterocycles. The van der Waals surface area contributed by atoms with Crippen LogP contribution in [0.4, 0.5) is 0 Å². The van der Waals surface area contributed by atoms with Crippen LogP contribution in [-0.4, -0.2) is 42.3 Å². The van der Waals surface area contributed by atoms with Gasteiger partial charge < -0.3 is 5.11 Å². The first-order chi connectivity index (χ1) is 9.82. The lowest BCUT2D eigenvalue weighted by molar-refractivity contribution is 0.255. The van der Waals surface area contributed by atoms with E-state index in [0.29, 0.717) is 19.0 Å². The van der Waals surface area contributed by atoms with Crippen LogP contribution < -0.4 is 0 Å². The molecule has 2 atom stereocenters. The minimum Gasteiger partial charge on any atom is -0.508 e. The second kappa shape index (κ2) is 6.34. The van der Waals surface area contributed by atoms with E-state index in [1.807, 2.05) is 6.92 Å². The normalized spacial score (nSPS) is 22.4. The molecule has 21 heavy (non-hydrogen) atoms. The SMILES string of the molecule is CC1CCCN(S(=O)(=O)N(C)C(C)c2ccc(O)cc2)C1. The molecule has 1 aromatic rings. The van der Waals surface area contributed by atoms with Gasteiger partial charge in [0.05, 0.1) is 0 Å². The fourth-order valence-corrected chi connectivity index (χ4v) is 4.39. The minimum absolute atomic E-state index is 0.182. The molecule has 2 rings (SSSR count). The Bertz CT molecular complexity index is 571. The van der Waals surface area contributed by atoms with Crippen LogP contribution in [0, 0.1) is 5.92 Å². The highest BCUT2D eigenvalue weighted by atomic mass is 32.2. The van der Waals surface area contributed by atoms with Crippen molar-refractivity contribution in [1.82, 2.24) is 8.61 Å². The van der Waals surface area contributed by atoms with Crippen molar-refractivity contribution >= 4 is 10.2 Å². The van der Waals surface area contributed by atoms with Gasteiger partial charge in [0, 0.05) is 26.2 Å². The van der Waals surface area contributed by atoms with E-state index >= 15 is 0 Å². The van der Waals surface area contributed by atoms with Gasteiger partial charge in [0.15, 0.2) is 0 Å². The predicted octanol–water partition coefficient (Wildman–Crippen LogP) is 2.36. The third-order valence-electron chi connectivity index (χ3n) is 4.23. The molecule has 1 fully saturated rings. The average molecular weight is 312 g/mol. The van der Waals surface area contributed by atoms with E-state index in [0.717, 1.165) is 18.4 Å². The largest absolute Gasteiger partial charge is 0.508 e.